The van der Waals surface area contributed by atoms with Crippen LogP contribution in [0.25, 0.3) is 6.08 Å². The molecule has 3 heteroatoms. The van der Waals surface area contributed by atoms with Crippen molar-refractivity contribution >= 4 is 41.6 Å². The number of hydrogen-bond donors (Lipinski definition) is 1. The van der Waals surface area contributed by atoms with Gasteiger partial charge in [-0.25, -0.2) is 4.79 Å². The summed E-state index contributed by atoms with van der Waals surface area (Å²) in [5.74, 6) is -0.922. The summed E-state index contributed by atoms with van der Waals surface area (Å²) in [5.41, 5.74) is 0.898. The first kappa shape index (κ1) is 11.4. The third-order valence-corrected chi connectivity index (χ3v) is 1.22. The Morgan fingerprint density at radius 3 is 2.33 bits per heavy atom. The van der Waals surface area contributed by atoms with E-state index < -0.39 is 5.97 Å². The van der Waals surface area contributed by atoms with Crippen molar-refractivity contribution in [3.05, 3.63) is 42.0 Å². The normalized spacial score (nSPS) is 9.33. The second kappa shape index (κ2) is 6.00. The first-order chi connectivity index (χ1) is 5.29. The van der Waals surface area contributed by atoms with Crippen molar-refractivity contribution < 1.29 is 9.90 Å². The van der Waals surface area contributed by atoms with Gasteiger partial charge in [0.15, 0.2) is 0 Å². The van der Waals surface area contributed by atoms with Crippen molar-refractivity contribution in [1.29, 1.82) is 0 Å². The molecule has 0 bridgehead atoms. The second-order valence-electron chi connectivity index (χ2n) is 2.08. The molecule has 0 radical (unpaired) electrons. The van der Waals surface area contributed by atoms with Gasteiger partial charge < -0.3 is 5.11 Å². The molecule has 1 aromatic rings. The zero-order chi connectivity index (χ0) is 8.10. The second-order valence-corrected chi connectivity index (χ2v) is 2.08. The standard InChI is InChI=1S/C9H8O2.Na.H/c10-9(11)7-6-8-4-2-1-3-5-8;;/h1-7H,(H,10,11);;. The van der Waals surface area contributed by atoms with E-state index >= 15 is 0 Å². The average Bonchev–Trinajstić information content (AvgIpc) is 2.03. The molecule has 0 unspecified atom stereocenters. The van der Waals surface area contributed by atoms with Gasteiger partial charge in [0, 0.05) is 6.08 Å². The summed E-state index contributed by atoms with van der Waals surface area (Å²) >= 11 is 0. The van der Waals surface area contributed by atoms with Crippen molar-refractivity contribution in [2.24, 2.45) is 0 Å². The van der Waals surface area contributed by atoms with E-state index in [4.69, 9.17) is 5.11 Å². The molecule has 12 heavy (non-hydrogen) atoms. The molecule has 0 aliphatic rings. The summed E-state index contributed by atoms with van der Waals surface area (Å²) in [7, 11) is 0. The fourth-order valence-corrected chi connectivity index (χ4v) is 0.732. The molecule has 0 aliphatic heterocycles. The summed E-state index contributed by atoms with van der Waals surface area (Å²) in [6.45, 7) is 0. The Morgan fingerprint density at radius 1 is 1.25 bits per heavy atom. The van der Waals surface area contributed by atoms with Crippen molar-refractivity contribution in [2.75, 3.05) is 0 Å². The van der Waals surface area contributed by atoms with E-state index in [1.807, 2.05) is 30.3 Å². The van der Waals surface area contributed by atoms with Gasteiger partial charge in [0.2, 0.25) is 0 Å². The van der Waals surface area contributed by atoms with Gasteiger partial charge in [-0.3, -0.25) is 0 Å². The van der Waals surface area contributed by atoms with E-state index in [1.165, 1.54) is 0 Å². The van der Waals surface area contributed by atoms with Crippen LogP contribution in [0.4, 0.5) is 0 Å². The van der Waals surface area contributed by atoms with E-state index in [9.17, 15) is 4.79 Å². The zero-order valence-corrected chi connectivity index (χ0v) is 5.90. The van der Waals surface area contributed by atoms with Gasteiger partial charge in [-0.2, -0.15) is 0 Å². The monoisotopic (exact) mass is 172 g/mol. The number of carboxylic acids is 1. The SMILES string of the molecule is O=C(O)C=Cc1ccccc1.[NaH]. The molecule has 0 saturated heterocycles. The molecule has 1 aromatic carbocycles. The Labute approximate surface area is 93.2 Å². The molecule has 0 heterocycles. The Balaban J connectivity index is 0.00000121. The third kappa shape index (κ3) is 4.34. The van der Waals surface area contributed by atoms with Crippen LogP contribution in [0.1, 0.15) is 5.56 Å². The molecule has 0 spiro atoms. The quantitative estimate of drug-likeness (QED) is 0.536. The van der Waals surface area contributed by atoms with Crippen LogP contribution in [0.5, 0.6) is 0 Å². The number of benzene rings is 1. The number of carbonyl (C=O) groups is 1. The Bertz CT molecular complexity index is 267. The Kier molecular flexibility index (Phi) is 5.72. The molecule has 1 rings (SSSR count). The van der Waals surface area contributed by atoms with E-state index in [2.05, 4.69) is 0 Å². The number of carboxylic acid groups (broad SMARTS) is 1. The maximum atomic E-state index is 10.1. The number of rotatable bonds is 2. The van der Waals surface area contributed by atoms with Crippen LogP contribution in [0.2, 0.25) is 0 Å². The van der Waals surface area contributed by atoms with Crippen LogP contribution < -0.4 is 0 Å². The summed E-state index contributed by atoms with van der Waals surface area (Å²) in [4.78, 5) is 10.1. The molecule has 58 valence electrons. The van der Waals surface area contributed by atoms with Crippen molar-refractivity contribution in [3.8, 4) is 0 Å². The molecule has 0 atom stereocenters. The van der Waals surface area contributed by atoms with Crippen molar-refractivity contribution in [1.82, 2.24) is 0 Å². The predicted molar refractivity (Wildman–Crippen MR) is 50.3 cm³/mol. The van der Waals surface area contributed by atoms with Crippen LogP contribution in [0.3, 0.4) is 0 Å². The maximum absolute atomic E-state index is 10.1. The average molecular weight is 172 g/mol. The van der Waals surface area contributed by atoms with Gasteiger partial charge in [-0.15, -0.1) is 0 Å². The number of aliphatic carboxylic acids is 1. The van der Waals surface area contributed by atoms with Crippen LogP contribution in [0.15, 0.2) is 36.4 Å². The fraction of sp³-hybridized carbons (Fsp3) is 0. The fourth-order valence-electron chi connectivity index (χ4n) is 0.732. The van der Waals surface area contributed by atoms with E-state index in [1.54, 1.807) is 6.08 Å². The summed E-state index contributed by atoms with van der Waals surface area (Å²) in [5, 5.41) is 8.29. The van der Waals surface area contributed by atoms with Crippen LogP contribution in [-0.4, -0.2) is 40.6 Å². The van der Waals surface area contributed by atoms with Gasteiger partial charge in [0.1, 0.15) is 0 Å². The topological polar surface area (TPSA) is 37.3 Å². The van der Waals surface area contributed by atoms with Gasteiger partial charge in [0.25, 0.3) is 0 Å². The first-order valence-corrected chi connectivity index (χ1v) is 3.25. The molecule has 0 saturated carbocycles. The van der Waals surface area contributed by atoms with Gasteiger partial charge in [-0.1, -0.05) is 30.3 Å². The third-order valence-electron chi connectivity index (χ3n) is 1.22. The predicted octanol–water partition coefficient (Wildman–Crippen LogP) is 1.14. The molecule has 0 amide bonds. The van der Waals surface area contributed by atoms with Gasteiger partial charge >= 0.3 is 35.5 Å². The molecule has 0 fully saturated rings. The van der Waals surface area contributed by atoms with E-state index in [0.717, 1.165) is 11.6 Å². The minimum atomic E-state index is -0.922. The molecule has 1 N–H and O–H groups in total. The van der Waals surface area contributed by atoms with E-state index in [-0.39, 0.29) is 29.6 Å². The molecular weight excluding hydrogens is 163 g/mol. The van der Waals surface area contributed by atoms with Crippen molar-refractivity contribution in [2.45, 2.75) is 0 Å². The van der Waals surface area contributed by atoms with Crippen LogP contribution >= 0.6 is 0 Å². The Hall–Kier alpha value is -0.570. The van der Waals surface area contributed by atoms with Crippen molar-refractivity contribution in [3.63, 3.8) is 0 Å². The molecular formula is C9H9NaO2. The summed E-state index contributed by atoms with van der Waals surface area (Å²) in [6, 6.07) is 9.31. The van der Waals surface area contributed by atoms with Crippen LogP contribution in [0, 0.1) is 0 Å². The summed E-state index contributed by atoms with van der Waals surface area (Å²) in [6.07, 6.45) is 2.68. The van der Waals surface area contributed by atoms with Gasteiger partial charge in [0.05, 0.1) is 0 Å². The molecule has 2 nitrogen and oxygen atoms in total. The number of hydrogen-bond acceptors (Lipinski definition) is 1. The Morgan fingerprint density at radius 2 is 1.83 bits per heavy atom. The summed E-state index contributed by atoms with van der Waals surface area (Å²) < 4.78 is 0. The van der Waals surface area contributed by atoms with Gasteiger partial charge in [-0.05, 0) is 11.6 Å². The van der Waals surface area contributed by atoms with Crippen LogP contribution in [-0.2, 0) is 4.79 Å². The molecule has 0 aliphatic carbocycles. The minimum absolute atomic E-state index is 0. The van der Waals surface area contributed by atoms with E-state index in [0.29, 0.717) is 0 Å². The molecule has 0 aromatic heterocycles. The zero-order valence-electron chi connectivity index (χ0n) is 5.90. The first-order valence-electron chi connectivity index (χ1n) is 3.25.